The highest BCUT2D eigenvalue weighted by Crippen LogP contribution is 2.60. The normalized spacial score (nSPS) is 34.9. The zero-order valence-electron chi connectivity index (χ0n) is 15.0. The molecule has 5 nitrogen and oxygen atoms in total. The van der Waals surface area contributed by atoms with Gasteiger partial charge >= 0.3 is 5.97 Å². The van der Waals surface area contributed by atoms with Gasteiger partial charge in [0.05, 0.1) is 24.5 Å². The summed E-state index contributed by atoms with van der Waals surface area (Å²) in [7, 11) is 0. The molecule has 0 heterocycles. The highest BCUT2D eigenvalue weighted by Gasteiger charge is 2.55. The number of esters is 1. The highest BCUT2D eigenvalue weighted by molar-refractivity contribution is 5.84. The summed E-state index contributed by atoms with van der Waals surface area (Å²) in [6.07, 6.45) is 6.54. The van der Waals surface area contributed by atoms with Crippen molar-refractivity contribution in [2.24, 2.45) is 23.2 Å². The Bertz CT molecular complexity index is 452. The van der Waals surface area contributed by atoms with Crippen LogP contribution >= 0.6 is 0 Å². The van der Waals surface area contributed by atoms with Crippen LogP contribution in [0.15, 0.2) is 0 Å². The number of ether oxygens (including phenoxy) is 1. The number of aliphatic hydroxyl groups is 1. The molecule has 4 aliphatic rings. The molecule has 4 bridgehead atoms. The standard InChI is InChI=1S/C19H31NO4/c1-3-24-17(22)4-5-20(12-13(2)21)18(23)19-9-14-6-15(10-19)8-16(7-14)11-19/h13-16,21H,3-12H2,1-2H3. The van der Waals surface area contributed by atoms with Gasteiger partial charge < -0.3 is 14.7 Å². The van der Waals surface area contributed by atoms with Crippen LogP contribution in [0.4, 0.5) is 0 Å². The van der Waals surface area contributed by atoms with Crippen molar-refractivity contribution in [3.05, 3.63) is 0 Å². The molecule has 1 unspecified atom stereocenters. The van der Waals surface area contributed by atoms with E-state index in [1.807, 2.05) is 0 Å². The van der Waals surface area contributed by atoms with E-state index in [2.05, 4.69) is 0 Å². The molecule has 0 aromatic heterocycles. The number of rotatable bonds is 7. The second-order valence-corrected chi connectivity index (χ2v) is 8.35. The molecule has 136 valence electrons. The van der Waals surface area contributed by atoms with Crippen LogP contribution in [0.25, 0.3) is 0 Å². The van der Waals surface area contributed by atoms with E-state index in [1.54, 1.807) is 18.7 Å². The minimum Gasteiger partial charge on any atom is -0.466 e. The molecule has 0 radical (unpaired) electrons. The molecule has 1 amide bonds. The molecule has 0 saturated heterocycles. The Morgan fingerprint density at radius 2 is 1.71 bits per heavy atom. The number of carbonyl (C=O) groups is 2. The number of aliphatic hydroxyl groups excluding tert-OH is 1. The Morgan fingerprint density at radius 3 is 2.17 bits per heavy atom. The zero-order valence-corrected chi connectivity index (χ0v) is 15.0. The van der Waals surface area contributed by atoms with Crippen molar-refractivity contribution in [1.82, 2.24) is 4.90 Å². The van der Waals surface area contributed by atoms with E-state index >= 15 is 0 Å². The summed E-state index contributed by atoms with van der Waals surface area (Å²) >= 11 is 0. The van der Waals surface area contributed by atoms with Crippen molar-refractivity contribution < 1.29 is 19.4 Å². The van der Waals surface area contributed by atoms with Gasteiger partial charge in [0.25, 0.3) is 0 Å². The molecule has 1 N–H and O–H groups in total. The SMILES string of the molecule is CCOC(=O)CCN(CC(C)O)C(=O)C12CC3CC(CC(C3)C1)C2. The summed E-state index contributed by atoms with van der Waals surface area (Å²) < 4.78 is 4.99. The van der Waals surface area contributed by atoms with Gasteiger partial charge in [-0.1, -0.05) is 0 Å². The van der Waals surface area contributed by atoms with Crippen LogP contribution in [0.2, 0.25) is 0 Å². The Hall–Kier alpha value is -1.10. The van der Waals surface area contributed by atoms with E-state index in [4.69, 9.17) is 4.74 Å². The average molecular weight is 337 g/mol. The number of carbonyl (C=O) groups excluding carboxylic acids is 2. The Balaban J connectivity index is 1.69. The fourth-order valence-corrected chi connectivity index (χ4v) is 5.76. The minimum absolute atomic E-state index is 0.173. The number of hydrogen-bond acceptors (Lipinski definition) is 4. The Kier molecular flexibility index (Phi) is 5.19. The van der Waals surface area contributed by atoms with Gasteiger partial charge in [-0.05, 0) is 70.1 Å². The first-order valence-electron chi connectivity index (χ1n) is 9.55. The molecule has 4 rings (SSSR count). The van der Waals surface area contributed by atoms with Gasteiger partial charge in [0.15, 0.2) is 0 Å². The van der Waals surface area contributed by atoms with E-state index < -0.39 is 6.10 Å². The van der Waals surface area contributed by atoms with E-state index in [9.17, 15) is 14.7 Å². The molecule has 0 aliphatic heterocycles. The van der Waals surface area contributed by atoms with Crippen molar-refractivity contribution in [3.8, 4) is 0 Å². The summed E-state index contributed by atoms with van der Waals surface area (Å²) in [4.78, 5) is 26.8. The molecule has 24 heavy (non-hydrogen) atoms. The van der Waals surface area contributed by atoms with E-state index in [1.165, 1.54) is 19.3 Å². The van der Waals surface area contributed by atoms with Crippen LogP contribution in [0, 0.1) is 23.2 Å². The number of hydrogen-bond donors (Lipinski definition) is 1. The lowest BCUT2D eigenvalue weighted by Gasteiger charge is -2.56. The Labute approximate surface area is 144 Å². The highest BCUT2D eigenvalue weighted by atomic mass is 16.5. The molecule has 1 atom stereocenters. The van der Waals surface area contributed by atoms with Crippen molar-refractivity contribution >= 4 is 11.9 Å². The second kappa shape index (κ2) is 7.03. The molecule has 0 spiro atoms. The minimum atomic E-state index is -0.579. The van der Waals surface area contributed by atoms with Gasteiger partial charge in [-0.3, -0.25) is 9.59 Å². The van der Waals surface area contributed by atoms with Crippen LogP contribution in [0.5, 0.6) is 0 Å². The maximum Gasteiger partial charge on any atom is 0.307 e. The molecular weight excluding hydrogens is 306 g/mol. The van der Waals surface area contributed by atoms with E-state index in [-0.39, 0.29) is 23.7 Å². The maximum absolute atomic E-state index is 13.4. The summed E-state index contributed by atoms with van der Waals surface area (Å²) in [5.74, 6) is 2.02. The van der Waals surface area contributed by atoms with Gasteiger partial charge in [-0.15, -0.1) is 0 Å². The predicted molar refractivity (Wildman–Crippen MR) is 90.1 cm³/mol. The van der Waals surface area contributed by atoms with Crippen molar-refractivity contribution in [2.75, 3.05) is 19.7 Å². The smallest absolute Gasteiger partial charge is 0.307 e. The summed E-state index contributed by atoms with van der Waals surface area (Å²) in [6.45, 7) is 4.50. The third kappa shape index (κ3) is 3.61. The third-order valence-electron chi connectivity index (χ3n) is 6.15. The third-order valence-corrected chi connectivity index (χ3v) is 6.15. The predicted octanol–water partition coefficient (Wildman–Crippen LogP) is 2.37. The fourth-order valence-electron chi connectivity index (χ4n) is 5.76. The van der Waals surface area contributed by atoms with E-state index in [0.29, 0.717) is 37.5 Å². The lowest BCUT2D eigenvalue weighted by Crippen LogP contribution is -2.55. The van der Waals surface area contributed by atoms with Gasteiger partial charge in [0.1, 0.15) is 0 Å². The topological polar surface area (TPSA) is 66.8 Å². The molecular formula is C19H31NO4. The molecule has 0 aromatic carbocycles. The summed E-state index contributed by atoms with van der Waals surface area (Å²) in [6, 6.07) is 0. The molecule has 5 heteroatoms. The molecule has 4 aliphatic carbocycles. The quantitative estimate of drug-likeness (QED) is 0.724. The van der Waals surface area contributed by atoms with Gasteiger partial charge in [-0.25, -0.2) is 0 Å². The molecule has 0 aromatic rings. The monoisotopic (exact) mass is 337 g/mol. The first kappa shape index (κ1) is 17.7. The molecule has 4 saturated carbocycles. The van der Waals surface area contributed by atoms with Crippen LogP contribution < -0.4 is 0 Å². The maximum atomic E-state index is 13.4. The molecule has 4 fully saturated rings. The van der Waals surface area contributed by atoms with Crippen LogP contribution in [-0.2, 0) is 14.3 Å². The zero-order chi connectivity index (χ0) is 17.3. The number of amides is 1. The average Bonchev–Trinajstić information content (AvgIpc) is 2.49. The van der Waals surface area contributed by atoms with Crippen molar-refractivity contribution in [3.63, 3.8) is 0 Å². The lowest BCUT2D eigenvalue weighted by molar-refractivity contribution is -0.159. The van der Waals surface area contributed by atoms with Gasteiger partial charge in [-0.2, -0.15) is 0 Å². The van der Waals surface area contributed by atoms with Crippen LogP contribution in [-0.4, -0.2) is 47.7 Å². The van der Waals surface area contributed by atoms with Crippen LogP contribution in [0.1, 0.15) is 58.8 Å². The first-order chi connectivity index (χ1) is 11.4. The van der Waals surface area contributed by atoms with Crippen molar-refractivity contribution in [1.29, 1.82) is 0 Å². The van der Waals surface area contributed by atoms with E-state index in [0.717, 1.165) is 19.3 Å². The van der Waals surface area contributed by atoms with Crippen LogP contribution in [0.3, 0.4) is 0 Å². The summed E-state index contributed by atoms with van der Waals surface area (Å²) in [5, 5.41) is 9.81. The van der Waals surface area contributed by atoms with Gasteiger partial charge in [0, 0.05) is 13.1 Å². The van der Waals surface area contributed by atoms with Crippen molar-refractivity contribution in [2.45, 2.75) is 64.9 Å². The summed E-state index contributed by atoms with van der Waals surface area (Å²) in [5.41, 5.74) is -0.224. The largest absolute Gasteiger partial charge is 0.466 e. The first-order valence-corrected chi connectivity index (χ1v) is 9.55. The second-order valence-electron chi connectivity index (χ2n) is 8.35. The lowest BCUT2D eigenvalue weighted by atomic mass is 9.49. The Morgan fingerprint density at radius 1 is 1.17 bits per heavy atom. The van der Waals surface area contributed by atoms with Gasteiger partial charge in [0.2, 0.25) is 5.91 Å². The number of nitrogens with zero attached hydrogens (tertiary/aromatic N) is 1. The fraction of sp³-hybridized carbons (Fsp3) is 0.895.